The van der Waals surface area contributed by atoms with Crippen molar-refractivity contribution in [2.75, 3.05) is 13.2 Å². The van der Waals surface area contributed by atoms with Crippen LogP contribution in [0.25, 0.3) is 11.0 Å². The summed E-state index contributed by atoms with van der Waals surface area (Å²) in [7, 11) is 0. The van der Waals surface area contributed by atoms with Crippen molar-refractivity contribution in [1.29, 1.82) is 0 Å². The van der Waals surface area contributed by atoms with Crippen molar-refractivity contribution in [3.05, 3.63) is 64.9 Å². The summed E-state index contributed by atoms with van der Waals surface area (Å²) in [5.74, 6) is 0.0183. The van der Waals surface area contributed by atoms with E-state index in [0.29, 0.717) is 24.4 Å². The molecule has 0 radical (unpaired) electrons. The second kappa shape index (κ2) is 9.37. The van der Waals surface area contributed by atoms with Crippen LogP contribution in [0.15, 0.2) is 48.5 Å². The van der Waals surface area contributed by atoms with Gasteiger partial charge in [-0.25, -0.2) is 4.98 Å². The van der Waals surface area contributed by atoms with Gasteiger partial charge in [0.15, 0.2) is 6.61 Å². The maximum Gasteiger partial charge on any atom is 0.326 e. The third kappa shape index (κ3) is 5.10. The zero-order valence-corrected chi connectivity index (χ0v) is 16.4. The summed E-state index contributed by atoms with van der Waals surface area (Å²) in [6.07, 6.45) is 1.38. The number of esters is 1. The number of rotatable bonds is 8. The molecule has 0 spiro atoms. The molecule has 0 fully saturated rings. The molecule has 0 saturated carbocycles. The Morgan fingerprint density at radius 1 is 1.14 bits per heavy atom. The van der Waals surface area contributed by atoms with E-state index in [0.717, 1.165) is 22.4 Å². The van der Waals surface area contributed by atoms with Gasteiger partial charge in [0.2, 0.25) is 0 Å². The molecule has 0 unspecified atom stereocenters. The van der Waals surface area contributed by atoms with E-state index < -0.39 is 5.97 Å². The third-order valence-electron chi connectivity index (χ3n) is 4.35. The van der Waals surface area contributed by atoms with Crippen LogP contribution in [0.3, 0.4) is 0 Å². The van der Waals surface area contributed by atoms with E-state index in [1.807, 2.05) is 60.0 Å². The molecule has 0 bridgehead atoms. The first-order chi connectivity index (χ1) is 13.6. The van der Waals surface area contributed by atoms with Crippen LogP contribution >= 0.6 is 11.6 Å². The normalized spacial score (nSPS) is 10.8. The molecule has 6 nitrogen and oxygen atoms in total. The quantitative estimate of drug-likeness (QED) is 0.590. The fourth-order valence-electron chi connectivity index (χ4n) is 2.94. The number of nitrogens with one attached hydrogen (secondary N) is 1. The summed E-state index contributed by atoms with van der Waals surface area (Å²) in [4.78, 5) is 28.6. The largest absolute Gasteiger partial charge is 0.454 e. The second-order valence-electron chi connectivity index (χ2n) is 6.34. The number of hydrogen-bond acceptors (Lipinski definition) is 4. The molecule has 1 amide bonds. The molecule has 0 saturated heterocycles. The van der Waals surface area contributed by atoms with Gasteiger partial charge in [-0.1, -0.05) is 42.8 Å². The number of fused-ring (bicyclic) bond motifs is 1. The average molecular weight is 400 g/mol. The van der Waals surface area contributed by atoms with Crippen molar-refractivity contribution >= 4 is 34.5 Å². The zero-order chi connectivity index (χ0) is 19.9. The number of carbonyl (C=O) groups is 2. The van der Waals surface area contributed by atoms with Crippen LogP contribution < -0.4 is 5.32 Å². The van der Waals surface area contributed by atoms with Crippen molar-refractivity contribution in [2.45, 2.75) is 26.3 Å². The summed E-state index contributed by atoms with van der Waals surface area (Å²) in [5, 5.41) is 3.42. The maximum absolute atomic E-state index is 12.2. The SMILES string of the molecule is CCc1nc2ccccc2n1CC(=O)OCC(=O)NCCc1ccc(Cl)cc1. The van der Waals surface area contributed by atoms with Crippen LogP contribution in [0.5, 0.6) is 0 Å². The van der Waals surface area contributed by atoms with Gasteiger partial charge in [0.05, 0.1) is 11.0 Å². The van der Waals surface area contributed by atoms with Crippen LogP contribution in [0, 0.1) is 0 Å². The van der Waals surface area contributed by atoms with E-state index in [1.54, 1.807) is 0 Å². The first-order valence-electron chi connectivity index (χ1n) is 9.17. The molecule has 0 aliphatic rings. The van der Waals surface area contributed by atoms with Crippen LogP contribution in [0.2, 0.25) is 5.02 Å². The first-order valence-corrected chi connectivity index (χ1v) is 9.55. The molecule has 0 atom stereocenters. The molecule has 7 heteroatoms. The van der Waals surface area contributed by atoms with E-state index >= 15 is 0 Å². The smallest absolute Gasteiger partial charge is 0.326 e. The Balaban J connectivity index is 1.46. The zero-order valence-electron chi connectivity index (χ0n) is 15.7. The van der Waals surface area contributed by atoms with Crippen LogP contribution in [-0.4, -0.2) is 34.6 Å². The van der Waals surface area contributed by atoms with Crippen LogP contribution in [-0.2, 0) is 33.7 Å². The summed E-state index contributed by atoms with van der Waals surface area (Å²) in [6, 6.07) is 15.1. The van der Waals surface area contributed by atoms with Gasteiger partial charge in [0.1, 0.15) is 12.4 Å². The van der Waals surface area contributed by atoms with Crippen LogP contribution in [0.1, 0.15) is 18.3 Å². The molecule has 2 aromatic carbocycles. The summed E-state index contributed by atoms with van der Waals surface area (Å²) >= 11 is 5.85. The number of hydrogen-bond donors (Lipinski definition) is 1. The Kier molecular flexibility index (Phi) is 6.66. The predicted molar refractivity (Wildman–Crippen MR) is 108 cm³/mol. The highest BCUT2D eigenvalue weighted by Crippen LogP contribution is 2.16. The number of ether oxygens (including phenoxy) is 1. The summed E-state index contributed by atoms with van der Waals surface area (Å²) < 4.78 is 6.96. The third-order valence-corrected chi connectivity index (χ3v) is 4.60. The number of amides is 1. The van der Waals surface area contributed by atoms with Gasteiger partial charge in [-0.05, 0) is 36.2 Å². The topological polar surface area (TPSA) is 73.2 Å². The van der Waals surface area contributed by atoms with Crippen LogP contribution in [0.4, 0.5) is 0 Å². The Bertz CT molecular complexity index is 967. The Hall–Kier alpha value is -2.86. The predicted octanol–water partition coefficient (Wildman–Crippen LogP) is 3.15. The highest BCUT2D eigenvalue weighted by Gasteiger charge is 2.14. The van der Waals surface area contributed by atoms with E-state index in [-0.39, 0.29) is 19.1 Å². The van der Waals surface area contributed by atoms with E-state index in [9.17, 15) is 9.59 Å². The van der Waals surface area contributed by atoms with Gasteiger partial charge in [-0.2, -0.15) is 0 Å². The molecule has 0 aliphatic carbocycles. The van der Waals surface area contributed by atoms with Gasteiger partial charge in [0.25, 0.3) is 5.91 Å². The number of halogens is 1. The summed E-state index contributed by atoms with van der Waals surface area (Å²) in [6.45, 7) is 2.18. The van der Waals surface area contributed by atoms with Gasteiger partial charge in [0, 0.05) is 18.0 Å². The molecule has 0 aliphatic heterocycles. The molecule has 3 rings (SSSR count). The van der Waals surface area contributed by atoms with Gasteiger partial charge in [-0.3, -0.25) is 9.59 Å². The lowest BCUT2D eigenvalue weighted by molar-refractivity contribution is -0.149. The van der Waals surface area contributed by atoms with Crippen molar-refractivity contribution in [3.8, 4) is 0 Å². The number of carbonyl (C=O) groups excluding carboxylic acids is 2. The van der Waals surface area contributed by atoms with Crippen molar-refractivity contribution in [2.24, 2.45) is 0 Å². The highest BCUT2D eigenvalue weighted by molar-refractivity contribution is 6.30. The number of nitrogens with zero attached hydrogens (tertiary/aromatic N) is 2. The van der Waals surface area contributed by atoms with Crippen molar-refractivity contribution < 1.29 is 14.3 Å². The number of aromatic nitrogens is 2. The number of para-hydroxylation sites is 2. The minimum absolute atomic E-state index is 0.0295. The molecule has 146 valence electrons. The molecular formula is C21H22ClN3O3. The second-order valence-corrected chi connectivity index (χ2v) is 6.78. The number of benzene rings is 2. The standard InChI is InChI=1S/C21H22ClN3O3/c1-2-19-24-17-5-3-4-6-18(17)25(19)13-21(27)28-14-20(26)23-12-11-15-7-9-16(22)10-8-15/h3-10H,2,11-14H2,1H3,(H,23,26). The van der Waals surface area contributed by atoms with Gasteiger partial charge in [-0.15, -0.1) is 0 Å². The lowest BCUT2D eigenvalue weighted by Crippen LogP contribution is -2.31. The fraction of sp³-hybridized carbons (Fsp3) is 0.286. The minimum Gasteiger partial charge on any atom is -0.454 e. The van der Waals surface area contributed by atoms with E-state index in [4.69, 9.17) is 16.3 Å². The van der Waals surface area contributed by atoms with E-state index in [2.05, 4.69) is 10.3 Å². The lowest BCUT2D eigenvalue weighted by atomic mass is 10.1. The maximum atomic E-state index is 12.2. The Morgan fingerprint density at radius 3 is 2.64 bits per heavy atom. The van der Waals surface area contributed by atoms with Crippen molar-refractivity contribution in [3.63, 3.8) is 0 Å². The van der Waals surface area contributed by atoms with Gasteiger partial charge < -0.3 is 14.6 Å². The fourth-order valence-corrected chi connectivity index (χ4v) is 3.07. The average Bonchev–Trinajstić information content (AvgIpc) is 3.05. The molecule has 1 heterocycles. The first kappa shape index (κ1) is 19.9. The number of imidazole rings is 1. The Morgan fingerprint density at radius 2 is 1.89 bits per heavy atom. The molecule has 1 aromatic heterocycles. The van der Waals surface area contributed by atoms with E-state index in [1.165, 1.54) is 0 Å². The molecule has 1 N–H and O–H groups in total. The van der Waals surface area contributed by atoms with Gasteiger partial charge >= 0.3 is 5.97 Å². The Labute approximate surface area is 168 Å². The molecule has 3 aromatic rings. The minimum atomic E-state index is -0.467. The highest BCUT2D eigenvalue weighted by atomic mass is 35.5. The van der Waals surface area contributed by atoms with Crippen molar-refractivity contribution in [1.82, 2.24) is 14.9 Å². The monoisotopic (exact) mass is 399 g/mol. The molecule has 28 heavy (non-hydrogen) atoms. The lowest BCUT2D eigenvalue weighted by Gasteiger charge is -2.09. The summed E-state index contributed by atoms with van der Waals surface area (Å²) in [5.41, 5.74) is 2.79. The molecular weight excluding hydrogens is 378 g/mol. The number of aryl methyl sites for hydroxylation is 1.